The summed E-state index contributed by atoms with van der Waals surface area (Å²) in [4.78, 5) is 0. The van der Waals surface area contributed by atoms with Crippen molar-refractivity contribution in [1.82, 2.24) is 5.32 Å². The molecule has 0 radical (unpaired) electrons. The highest BCUT2D eigenvalue weighted by molar-refractivity contribution is 7.93. The largest absolute Gasteiger partial charge is 0.330 e. The topological polar surface area (TPSA) is 32.3 Å². The molecular weight excluding hydrogens is 273 g/mol. The van der Waals surface area contributed by atoms with Crippen molar-refractivity contribution in [2.45, 2.75) is 50.5 Å². The Labute approximate surface area is 125 Å². The Morgan fingerprint density at radius 2 is 1.85 bits per heavy atom. The number of halogens is 1. The molecule has 0 bridgehead atoms. The van der Waals surface area contributed by atoms with Crippen LogP contribution in [-0.4, -0.2) is 22.4 Å². The second kappa shape index (κ2) is 8.01. The first-order valence-electron chi connectivity index (χ1n) is 7.50. The molecule has 2 N–H and O–H groups in total. The first kappa shape index (κ1) is 15.8. The van der Waals surface area contributed by atoms with Crippen LogP contribution in [0, 0.1) is 5.82 Å². The van der Waals surface area contributed by atoms with Gasteiger partial charge in [0.2, 0.25) is 0 Å². The number of rotatable bonds is 7. The summed E-state index contributed by atoms with van der Waals surface area (Å²) in [6, 6.07) is 6.90. The summed E-state index contributed by atoms with van der Waals surface area (Å²) in [7, 11) is 0. The van der Waals surface area contributed by atoms with E-state index in [2.05, 4.69) is 5.32 Å². The zero-order valence-electron chi connectivity index (χ0n) is 11.9. The molecule has 0 spiro atoms. The van der Waals surface area contributed by atoms with E-state index in [1.807, 2.05) is 12.1 Å². The molecule has 4 heteroatoms. The van der Waals surface area contributed by atoms with Crippen molar-refractivity contribution in [2.24, 2.45) is 0 Å². The molecule has 0 atom stereocenters. The SMILES string of the molecule is OSCCCNC1(Cc2ccc(F)cc2)CCCCC1. The molecule has 1 aliphatic carbocycles. The predicted octanol–water partition coefficient (Wildman–Crippen LogP) is 4.26. The molecule has 0 heterocycles. The third kappa shape index (κ3) is 4.76. The molecule has 1 aromatic rings. The number of nitrogens with one attached hydrogen (secondary N) is 1. The Hall–Kier alpha value is -0.580. The summed E-state index contributed by atoms with van der Waals surface area (Å²) in [6.45, 7) is 0.939. The lowest BCUT2D eigenvalue weighted by Gasteiger charge is -2.39. The van der Waals surface area contributed by atoms with Crippen molar-refractivity contribution < 1.29 is 8.94 Å². The van der Waals surface area contributed by atoms with E-state index < -0.39 is 0 Å². The van der Waals surface area contributed by atoms with Crippen LogP contribution in [0.3, 0.4) is 0 Å². The van der Waals surface area contributed by atoms with E-state index in [9.17, 15) is 4.39 Å². The van der Waals surface area contributed by atoms with Crippen LogP contribution in [0.5, 0.6) is 0 Å². The van der Waals surface area contributed by atoms with Gasteiger partial charge in [0, 0.05) is 11.3 Å². The maximum Gasteiger partial charge on any atom is 0.123 e. The predicted molar refractivity (Wildman–Crippen MR) is 83.6 cm³/mol. The van der Waals surface area contributed by atoms with E-state index >= 15 is 0 Å². The second-order valence-corrected chi connectivity index (χ2v) is 6.42. The number of benzene rings is 1. The first-order chi connectivity index (χ1) is 9.74. The smallest absolute Gasteiger partial charge is 0.123 e. The zero-order chi connectivity index (χ0) is 14.3. The fraction of sp³-hybridized carbons (Fsp3) is 0.625. The van der Waals surface area contributed by atoms with Gasteiger partial charge in [0.1, 0.15) is 5.82 Å². The van der Waals surface area contributed by atoms with E-state index in [1.165, 1.54) is 37.7 Å². The van der Waals surface area contributed by atoms with Crippen LogP contribution in [0.2, 0.25) is 0 Å². The standard InChI is InChI=1S/C16H24FNOS/c17-15-7-5-14(6-8-15)13-16(9-2-1-3-10-16)18-11-4-12-20-19/h5-8,18-19H,1-4,9-13H2. The molecule has 20 heavy (non-hydrogen) atoms. The summed E-state index contributed by atoms with van der Waals surface area (Å²) < 4.78 is 21.8. The van der Waals surface area contributed by atoms with Crippen molar-refractivity contribution in [2.75, 3.05) is 12.3 Å². The van der Waals surface area contributed by atoms with Gasteiger partial charge in [-0.15, -0.1) is 0 Å². The highest BCUT2D eigenvalue weighted by Crippen LogP contribution is 2.31. The van der Waals surface area contributed by atoms with Crippen LogP contribution < -0.4 is 5.32 Å². The molecule has 2 nitrogen and oxygen atoms in total. The van der Waals surface area contributed by atoms with Gasteiger partial charge in [-0.1, -0.05) is 31.4 Å². The molecule has 112 valence electrons. The normalized spacial score (nSPS) is 18.1. The Balaban J connectivity index is 1.96. The van der Waals surface area contributed by atoms with E-state index in [4.69, 9.17) is 4.55 Å². The highest BCUT2D eigenvalue weighted by atomic mass is 32.2. The van der Waals surface area contributed by atoms with Crippen molar-refractivity contribution >= 4 is 12.0 Å². The minimum Gasteiger partial charge on any atom is -0.330 e. The molecular formula is C16H24FNOS. The lowest BCUT2D eigenvalue weighted by atomic mass is 9.77. The fourth-order valence-corrected chi connectivity index (χ4v) is 3.40. The van der Waals surface area contributed by atoms with E-state index in [1.54, 1.807) is 12.1 Å². The van der Waals surface area contributed by atoms with Crippen LogP contribution in [-0.2, 0) is 6.42 Å². The summed E-state index contributed by atoms with van der Waals surface area (Å²) in [6.07, 6.45) is 8.18. The zero-order valence-corrected chi connectivity index (χ0v) is 12.7. The summed E-state index contributed by atoms with van der Waals surface area (Å²) in [5, 5.41) is 3.71. The van der Waals surface area contributed by atoms with Gasteiger partial charge in [-0.05, 0) is 62.0 Å². The highest BCUT2D eigenvalue weighted by Gasteiger charge is 2.31. The minimum absolute atomic E-state index is 0.163. The van der Waals surface area contributed by atoms with Crippen LogP contribution in [0.25, 0.3) is 0 Å². The molecule has 0 aromatic heterocycles. The van der Waals surface area contributed by atoms with Gasteiger partial charge in [0.15, 0.2) is 0 Å². The molecule has 1 aliphatic rings. The Morgan fingerprint density at radius 1 is 1.15 bits per heavy atom. The molecule has 0 saturated heterocycles. The van der Waals surface area contributed by atoms with Gasteiger partial charge >= 0.3 is 0 Å². The second-order valence-electron chi connectivity index (χ2n) is 5.76. The van der Waals surface area contributed by atoms with Crippen LogP contribution >= 0.6 is 12.0 Å². The van der Waals surface area contributed by atoms with Gasteiger partial charge in [-0.25, -0.2) is 4.39 Å². The van der Waals surface area contributed by atoms with Crippen molar-refractivity contribution in [1.29, 1.82) is 0 Å². The lowest BCUT2D eigenvalue weighted by Crippen LogP contribution is -2.49. The molecule has 1 aromatic carbocycles. The number of hydrogen-bond donors (Lipinski definition) is 2. The van der Waals surface area contributed by atoms with Gasteiger partial charge < -0.3 is 9.87 Å². The third-order valence-electron chi connectivity index (χ3n) is 4.18. The maximum atomic E-state index is 13.0. The molecule has 1 fully saturated rings. The van der Waals surface area contributed by atoms with Gasteiger partial charge in [-0.3, -0.25) is 0 Å². The minimum atomic E-state index is -0.167. The van der Waals surface area contributed by atoms with E-state index in [-0.39, 0.29) is 11.4 Å². The molecule has 0 amide bonds. The van der Waals surface area contributed by atoms with E-state index in [0.717, 1.165) is 37.2 Å². The van der Waals surface area contributed by atoms with E-state index in [0.29, 0.717) is 0 Å². The van der Waals surface area contributed by atoms with Crippen molar-refractivity contribution in [3.05, 3.63) is 35.6 Å². The van der Waals surface area contributed by atoms with Crippen LogP contribution in [0.4, 0.5) is 4.39 Å². The van der Waals surface area contributed by atoms with Gasteiger partial charge in [0.05, 0.1) is 0 Å². The van der Waals surface area contributed by atoms with Crippen LogP contribution in [0.15, 0.2) is 24.3 Å². The Bertz CT molecular complexity index is 390. The summed E-state index contributed by atoms with van der Waals surface area (Å²) in [5.74, 6) is 0.610. The first-order valence-corrected chi connectivity index (χ1v) is 8.44. The molecule has 2 rings (SSSR count). The summed E-state index contributed by atoms with van der Waals surface area (Å²) >= 11 is 0.911. The molecule has 0 aliphatic heterocycles. The van der Waals surface area contributed by atoms with Crippen molar-refractivity contribution in [3.63, 3.8) is 0 Å². The average Bonchev–Trinajstić information content (AvgIpc) is 2.47. The fourth-order valence-electron chi connectivity index (χ4n) is 3.13. The van der Waals surface area contributed by atoms with Crippen molar-refractivity contribution in [3.8, 4) is 0 Å². The average molecular weight is 297 g/mol. The quantitative estimate of drug-likeness (QED) is 0.583. The monoisotopic (exact) mass is 297 g/mol. The molecule has 0 unspecified atom stereocenters. The maximum absolute atomic E-state index is 13.0. The lowest BCUT2D eigenvalue weighted by molar-refractivity contribution is 0.230. The van der Waals surface area contributed by atoms with Gasteiger partial charge in [0.25, 0.3) is 0 Å². The Morgan fingerprint density at radius 3 is 2.50 bits per heavy atom. The molecule has 1 saturated carbocycles. The third-order valence-corrected chi connectivity index (χ3v) is 4.65. The summed E-state index contributed by atoms with van der Waals surface area (Å²) in [5.41, 5.74) is 1.37. The Kier molecular flexibility index (Phi) is 6.33. The van der Waals surface area contributed by atoms with Gasteiger partial charge in [-0.2, -0.15) is 0 Å². The van der Waals surface area contributed by atoms with Crippen LogP contribution in [0.1, 0.15) is 44.1 Å². The number of hydrogen-bond acceptors (Lipinski definition) is 3.